The van der Waals surface area contributed by atoms with E-state index in [9.17, 15) is 0 Å². The molecule has 0 fully saturated rings. The van der Waals surface area contributed by atoms with Crippen LogP contribution in [0.5, 0.6) is 5.75 Å². The van der Waals surface area contributed by atoms with Gasteiger partial charge in [0.15, 0.2) is 0 Å². The van der Waals surface area contributed by atoms with Crippen LogP contribution in [0.2, 0.25) is 0 Å². The average molecular weight is 413 g/mol. The fourth-order valence-electron chi connectivity index (χ4n) is 3.63. The molecular weight excluding hydrogens is 383 g/mol. The zero-order chi connectivity index (χ0) is 18.1. The van der Waals surface area contributed by atoms with E-state index in [4.69, 9.17) is 9.72 Å². The zero-order valence-corrected chi connectivity index (χ0v) is 18.5. The maximum Gasteiger partial charge on any atom is 0.136 e. The number of nitrogens with zero attached hydrogens (tertiary/aromatic N) is 3. The Morgan fingerprint density at radius 1 is 1.26 bits per heavy atom. The Morgan fingerprint density at radius 2 is 1.96 bits per heavy atom. The number of hydrogen-bond donors (Lipinski definition) is 1. The molecule has 5 nitrogen and oxygen atoms in total. The number of benzene rings is 1. The molecule has 27 heavy (non-hydrogen) atoms. The fourth-order valence-corrected chi connectivity index (χ4v) is 3.63. The molecule has 0 saturated heterocycles. The van der Waals surface area contributed by atoms with E-state index in [1.807, 2.05) is 12.3 Å². The first-order valence-corrected chi connectivity index (χ1v) is 8.72. The number of aromatic nitrogens is 2. The second-order valence-corrected chi connectivity index (χ2v) is 7.20. The minimum atomic E-state index is 0. The lowest BCUT2D eigenvalue weighted by Crippen LogP contribution is -2.25. The van der Waals surface area contributed by atoms with Crippen molar-refractivity contribution >= 4 is 52.4 Å². The Balaban J connectivity index is 0.00000182. The standard InChI is InChI=1S/C20H28N4O.2ClH/c1-13(12-23(3)4)10-21-20-18-16-9-15(25-6)7-8-17(16)24(5)19(18)14(2)11-22-20;;/h7-9,11,13H,10,12H2,1-6H3,(H,21,22);2*1H. The minimum absolute atomic E-state index is 0. The van der Waals surface area contributed by atoms with Crippen LogP contribution in [0.25, 0.3) is 21.8 Å². The van der Waals surface area contributed by atoms with Gasteiger partial charge in [0.2, 0.25) is 0 Å². The number of nitrogens with one attached hydrogen (secondary N) is 1. The molecule has 150 valence electrons. The molecule has 1 atom stereocenters. The number of pyridine rings is 1. The van der Waals surface area contributed by atoms with Gasteiger partial charge in [0.05, 0.1) is 18.0 Å². The van der Waals surface area contributed by atoms with Crippen molar-refractivity contribution in [2.24, 2.45) is 13.0 Å². The summed E-state index contributed by atoms with van der Waals surface area (Å²) in [6.45, 7) is 6.31. The molecule has 0 aliphatic heterocycles. The van der Waals surface area contributed by atoms with Crippen molar-refractivity contribution in [1.29, 1.82) is 0 Å². The summed E-state index contributed by atoms with van der Waals surface area (Å²) in [6.07, 6.45) is 1.96. The average Bonchev–Trinajstić information content (AvgIpc) is 2.87. The van der Waals surface area contributed by atoms with Gasteiger partial charge in [0, 0.05) is 37.2 Å². The number of anilines is 1. The summed E-state index contributed by atoms with van der Waals surface area (Å²) < 4.78 is 7.68. The molecule has 0 spiro atoms. The van der Waals surface area contributed by atoms with Crippen molar-refractivity contribution in [3.05, 3.63) is 30.0 Å². The SMILES string of the molecule is COc1ccc2c(c1)c1c(NCC(C)CN(C)C)ncc(C)c1n2C.Cl.Cl. The Morgan fingerprint density at radius 3 is 2.59 bits per heavy atom. The van der Waals surface area contributed by atoms with E-state index in [0.717, 1.165) is 24.7 Å². The highest BCUT2D eigenvalue weighted by atomic mass is 35.5. The number of hydrogen-bond acceptors (Lipinski definition) is 4. The number of halogens is 2. The summed E-state index contributed by atoms with van der Waals surface area (Å²) in [5.74, 6) is 2.36. The van der Waals surface area contributed by atoms with Gasteiger partial charge < -0.3 is 19.5 Å². The molecule has 0 aliphatic carbocycles. The lowest BCUT2D eigenvalue weighted by Gasteiger charge is -2.18. The molecule has 1 aromatic carbocycles. The number of fused-ring (bicyclic) bond motifs is 3. The Bertz CT molecular complexity index is 908. The number of ether oxygens (including phenoxy) is 1. The predicted octanol–water partition coefficient (Wildman–Crippen LogP) is 4.50. The van der Waals surface area contributed by atoms with Crippen molar-refractivity contribution in [3.8, 4) is 5.75 Å². The van der Waals surface area contributed by atoms with Crippen LogP contribution < -0.4 is 10.1 Å². The summed E-state index contributed by atoms with van der Waals surface area (Å²) in [6, 6.07) is 6.23. The molecule has 0 radical (unpaired) electrons. The van der Waals surface area contributed by atoms with Crippen molar-refractivity contribution in [3.63, 3.8) is 0 Å². The third kappa shape index (κ3) is 4.60. The third-order valence-electron chi connectivity index (χ3n) is 4.70. The maximum atomic E-state index is 5.44. The molecule has 2 heterocycles. The molecule has 7 heteroatoms. The second-order valence-electron chi connectivity index (χ2n) is 7.20. The number of rotatable bonds is 6. The van der Waals surface area contributed by atoms with Gasteiger partial charge in [-0.2, -0.15) is 0 Å². The fraction of sp³-hybridized carbons (Fsp3) is 0.450. The summed E-state index contributed by atoms with van der Waals surface area (Å²) in [5.41, 5.74) is 3.59. The molecule has 1 unspecified atom stereocenters. The third-order valence-corrected chi connectivity index (χ3v) is 4.70. The molecule has 1 N–H and O–H groups in total. The van der Waals surface area contributed by atoms with Crippen LogP contribution in [-0.2, 0) is 7.05 Å². The molecule has 3 aromatic rings. The van der Waals surface area contributed by atoms with Crippen LogP contribution in [0, 0.1) is 12.8 Å². The van der Waals surface area contributed by atoms with Gasteiger partial charge in [0.1, 0.15) is 11.6 Å². The van der Waals surface area contributed by atoms with Gasteiger partial charge in [-0.3, -0.25) is 0 Å². The molecule has 0 bridgehead atoms. The van der Waals surface area contributed by atoms with E-state index in [0.29, 0.717) is 5.92 Å². The molecule has 0 saturated carbocycles. The van der Waals surface area contributed by atoms with E-state index in [1.54, 1.807) is 7.11 Å². The number of aryl methyl sites for hydroxylation is 2. The topological polar surface area (TPSA) is 42.3 Å². The summed E-state index contributed by atoms with van der Waals surface area (Å²) in [4.78, 5) is 6.91. The smallest absolute Gasteiger partial charge is 0.136 e. The van der Waals surface area contributed by atoms with Crippen LogP contribution in [0.3, 0.4) is 0 Å². The molecule has 0 amide bonds. The molecular formula is C20H30Cl2N4O. The lowest BCUT2D eigenvalue weighted by atomic mass is 10.1. The largest absolute Gasteiger partial charge is 0.497 e. The summed E-state index contributed by atoms with van der Waals surface area (Å²) >= 11 is 0. The van der Waals surface area contributed by atoms with E-state index < -0.39 is 0 Å². The number of methoxy groups -OCH3 is 1. The molecule has 0 aliphatic rings. The van der Waals surface area contributed by atoms with Gasteiger partial charge in [-0.15, -0.1) is 24.8 Å². The zero-order valence-electron chi connectivity index (χ0n) is 16.9. The minimum Gasteiger partial charge on any atom is -0.497 e. The quantitative estimate of drug-likeness (QED) is 0.646. The van der Waals surface area contributed by atoms with E-state index in [-0.39, 0.29) is 24.8 Å². The van der Waals surface area contributed by atoms with Crippen molar-refractivity contribution in [2.45, 2.75) is 13.8 Å². The van der Waals surface area contributed by atoms with Crippen molar-refractivity contribution < 1.29 is 4.74 Å². The summed E-state index contributed by atoms with van der Waals surface area (Å²) in [7, 11) is 8.03. The van der Waals surface area contributed by atoms with E-state index >= 15 is 0 Å². The maximum absolute atomic E-state index is 5.44. The van der Waals surface area contributed by atoms with Crippen molar-refractivity contribution in [2.75, 3.05) is 39.6 Å². The lowest BCUT2D eigenvalue weighted by molar-refractivity contribution is 0.347. The Hall–Kier alpha value is -1.69. The van der Waals surface area contributed by atoms with Crippen LogP contribution in [0.1, 0.15) is 12.5 Å². The normalized spacial score (nSPS) is 12.0. The highest BCUT2D eigenvalue weighted by Crippen LogP contribution is 2.36. The first-order chi connectivity index (χ1) is 11.9. The monoisotopic (exact) mass is 412 g/mol. The van der Waals surface area contributed by atoms with Gasteiger partial charge >= 0.3 is 0 Å². The molecule has 3 rings (SSSR count). The summed E-state index contributed by atoms with van der Waals surface area (Å²) in [5, 5.41) is 5.92. The highest BCUT2D eigenvalue weighted by Gasteiger charge is 2.16. The highest BCUT2D eigenvalue weighted by molar-refractivity contribution is 6.14. The Kier molecular flexibility index (Phi) is 8.21. The Labute approximate surface area is 173 Å². The van der Waals surface area contributed by atoms with E-state index in [2.05, 4.69) is 61.9 Å². The van der Waals surface area contributed by atoms with Crippen molar-refractivity contribution in [1.82, 2.24) is 14.5 Å². The molecule has 2 aromatic heterocycles. The first-order valence-electron chi connectivity index (χ1n) is 8.72. The van der Waals surface area contributed by atoms with Crippen LogP contribution in [0.4, 0.5) is 5.82 Å². The van der Waals surface area contributed by atoms with Crippen LogP contribution in [-0.4, -0.2) is 48.7 Å². The van der Waals surface area contributed by atoms with Gasteiger partial charge in [-0.05, 0) is 50.7 Å². The van der Waals surface area contributed by atoms with E-state index in [1.165, 1.54) is 27.4 Å². The van der Waals surface area contributed by atoms with Gasteiger partial charge in [0.25, 0.3) is 0 Å². The van der Waals surface area contributed by atoms with Crippen LogP contribution in [0.15, 0.2) is 24.4 Å². The van der Waals surface area contributed by atoms with Gasteiger partial charge in [-0.25, -0.2) is 4.98 Å². The second kappa shape index (κ2) is 9.49. The first kappa shape index (κ1) is 23.3. The predicted molar refractivity (Wildman–Crippen MR) is 120 cm³/mol. The van der Waals surface area contributed by atoms with Gasteiger partial charge in [-0.1, -0.05) is 6.92 Å². The van der Waals surface area contributed by atoms with Crippen LogP contribution >= 0.6 is 24.8 Å².